The summed E-state index contributed by atoms with van der Waals surface area (Å²) in [5.41, 5.74) is -0.284. The number of hydrogen-bond donors (Lipinski definition) is 2. The molecule has 2 N–H and O–H groups in total. The maximum Gasteiger partial charge on any atom is 0.267 e. The summed E-state index contributed by atoms with van der Waals surface area (Å²) < 4.78 is 23.9. The molecule has 0 radical (unpaired) electrons. The molecule has 0 aliphatic carbocycles. The van der Waals surface area contributed by atoms with Gasteiger partial charge in [0.05, 0.1) is 5.75 Å². The second-order valence-corrected chi connectivity index (χ2v) is 6.09. The van der Waals surface area contributed by atoms with Gasteiger partial charge in [-0.15, -0.1) is 0 Å². The molecule has 1 rings (SSSR count). The molecule has 0 atom stereocenters. The highest BCUT2D eigenvalue weighted by Crippen LogP contribution is 1.93. The van der Waals surface area contributed by atoms with Gasteiger partial charge in [-0.3, -0.25) is 9.59 Å². The molecular weight excluding hydrogens is 258 g/mol. The maximum absolute atomic E-state index is 11.6. The molecule has 7 nitrogen and oxygen atoms in total. The number of pyridine rings is 1. The van der Waals surface area contributed by atoms with E-state index in [1.807, 2.05) is 0 Å². The van der Waals surface area contributed by atoms with Crippen molar-refractivity contribution >= 4 is 15.9 Å². The minimum Gasteiger partial charge on any atom is -0.350 e. The highest BCUT2D eigenvalue weighted by molar-refractivity contribution is 7.89. The van der Waals surface area contributed by atoms with Gasteiger partial charge in [0, 0.05) is 26.7 Å². The van der Waals surface area contributed by atoms with E-state index in [0.29, 0.717) is 0 Å². The second kappa shape index (κ2) is 5.78. The van der Waals surface area contributed by atoms with Crippen molar-refractivity contribution in [3.63, 3.8) is 0 Å². The summed E-state index contributed by atoms with van der Waals surface area (Å²) in [5.74, 6) is -0.704. The van der Waals surface area contributed by atoms with Crippen molar-refractivity contribution in [2.45, 2.75) is 0 Å². The summed E-state index contributed by atoms with van der Waals surface area (Å²) >= 11 is 0. The Labute approximate surface area is 105 Å². The number of aromatic nitrogens is 1. The Balaban J connectivity index is 2.56. The number of carbonyl (C=O) groups is 1. The van der Waals surface area contributed by atoms with E-state index in [1.54, 1.807) is 0 Å². The zero-order valence-corrected chi connectivity index (χ0v) is 11.0. The summed E-state index contributed by atoms with van der Waals surface area (Å²) in [4.78, 5) is 24.9. The van der Waals surface area contributed by atoms with Crippen molar-refractivity contribution < 1.29 is 13.2 Å². The fourth-order valence-corrected chi connectivity index (χ4v) is 1.88. The van der Waals surface area contributed by atoms with Gasteiger partial charge in [0.1, 0.15) is 5.69 Å². The van der Waals surface area contributed by atoms with Crippen LogP contribution in [-0.4, -0.2) is 50.0 Å². The van der Waals surface area contributed by atoms with E-state index in [1.165, 1.54) is 32.3 Å². The van der Waals surface area contributed by atoms with Gasteiger partial charge in [0.25, 0.3) is 5.91 Å². The summed E-state index contributed by atoms with van der Waals surface area (Å²) in [6, 6.07) is 4.18. The largest absolute Gasteiger partial charge is 0.350 e. The zero-order valence-electron chi connectivity index (χ0n) is 10.1. The van der Waals surface area contributed by atoms with Gasteiger partial charge in [-0.05, 0) is 6.07 Å². The van der Waals surface area contributed by atoms with E-state index in [4.69, 9.17) is 0 Å². The molecule has 0 saturated carbocycles. The van der Waals surface area contributed by atoms with Crippen molar-refractivity contribution in [1.82, 2.24) is 14.6 Å². The van der Waals surface area contributed by atoms with E-state index < -0.39 is 15.9 Å². The van der Waals surface area contributed by atoms with E-state index in [9.17, 15) is 18.0 Å². The summed E-state index contributed by atoms with van der Waals surface area (Å²) in [5, 5.41) is 2.42. The molecule has 0 spiro atoms. The van der Waals surface area contributed by atoms with Gasteiger partial charge < -0.3 is 10.3 Å². The number of sulfonamides is 1. The predicted octanol–water partition coefficient (Wildman–Crippen LogP) is -1.00. The van der Waals surface area contributed by atoms with Gasteiger partial charge in [-0.2, -0.15) is 0 Å². The van der Waals surface area contributed by atoms with Crippen LogP contribution in [-0.2, 0) is 10.0 Å². The number of hydrogen-bond acceptors (Lipinski definition) is 4. The van der Waals surface area contributed by atoms with Crippen LogP contribution in [0.4, 0.5) is 0 Å². The van der Waals surface area contributed by atoms with Crippen molar-refractivity contribution in [3.05, 3.63) is 34.2 Å². The Bertz CT molecular complexity index is 577. The fourth-order valence-electron chi connectivity index (χ4n) is 1.15. The minimum atomic E-state index is -3.34. The van der Waals surface area contributed by atoms with E-state index in [-0.39, 0.29) is 23.6 Å². The van der Waals surface area contributed by atoms with Crippen LogP contribution >= 0.6 is 0 Å². The van der Waals surface area contributed by atoms with Crippen LogP contribution < -0.4 is 10.9 Å². The van der Waals surface area contributed by atoms with Crippen LogP contribution in [0, 0.1) is 0 Å². The van der Waals surface area contributed by atoms with Crippen molar-refractivity contribution in [3.8, 4) is 0 Å². The Morgan fingerprint density at radius 1 is 1.39 bits per heavy atom. The molecule has 1 aromatic heterocycles. The van der Waals surface area contributed by atoms with Gasteiger partial charge in [-0.25, -0.2) is 12.7 Å². The van der Waals surface area contributed by atoms with E-state index in [2.05, 4.69) is 10.3 Å². The topological polar surface area (TPSA) is 99.3 Å². The molecule has 8 heteroatoms. The van der Waals surface area contributed by atoms with Crippen LogP contribution in [0.25, 0.3) is 0 Å². The second-order valence-electron chi connectivity index (χ2n) is 3.78. The molecule has 0 aliphatic rings. The third kappa shape index (κ3) is 3.97. The quantitative estimate of drug-likeness (QED) is 0.718. The number of amides is 1. The number of aromatic amines is 1. The molecule has 1 aromatic rings. The standard InChI is InChI=1S/C10H15N3O4S/c1-13(2)18(16,17)7-6-11-10(15)8-4-3-5-9(14)12-8/h3-5H,6-7H2,1-2H3,(H,11,15)(H,12,14). The Morgan fingerprint density at radius 2 is 2.06 bits per heavy atom. The molecular formula is C10H15N3O4S. The number of H-pyrrole nitrogens is 1. The lowest BCUT2D eigenvalue weighted by Crippen LogP contribution is -2.34. The summed E-state index contributed by atoms with van der Waals surface area (Å²) in [7, 11) is -0.493. The van der Waals surface area contributed by atoms with Gasteiger partial charge in [0.2, 0.25) is 15.6 Å². The van der Waals surface area contributed by atoms with Crippen LogP contribution in [0.3, 0.4) is 0 Å². The van der Waals surface area contributed by atoms with Gasteiger partial charge in [0.15, 0.2) is 0 Å². The predicted molar refractivity (Wildman–Crippen MR) is 66.9 cm³/mol. The smallest absolute Gasteiger partial charge is 0.267 e. The first-order valence-electron chi connectivity index (χ1n) is 5.20. The Hall–Kier alpha value is -1.67. The lowest BCUT2D eigenvalue weighted by atomic mass is 10.3. The van der Waals surface area contributed by atoms with Gasteiger partial charge >= 0.3 is 0 Å². The highest BCUT2D eigenvalue weighted by atomic mass is 32.2. The zero-order chi connectivity index (χ0) is 13.8. The molecule has 1 heterocycles. The lowest BCUT2D eigenvalue weighted by Gasteiger charge is -2.11. The molecule has 0 aromatic carbocycles. The third-order valence-electron chi connectivity index (χ3n) is 2.21. The van der Waals surface area contributed by atoms with Crippen LogP contribution in [0.1, 0.15) is 10.5 Å². The molecule has 0 fully saturated rings. The average molecular weight is 273 g/mol. The van der Waals surface area contributed by atoms with E-state index >= 15 is 0 Å². The normalized spacial score (nSPS) is 11.5. The van der Waals surface area contributed by atoms with Crippen LogP contribution in [0.2, 0.25) is 0 Å². The molecule has 0 bridgehead atoms. The van der Waals surface area contributed by atoms with Crippen molar-refractivity contribution in [1.29, 1.82) is 0 Å². The van der Waals surface area contributed by atoms with Crippen LogP contribution in [0.15, 0.2) is 23.0 Å². The minimum absolute atomic E-state index is 0.0176. The first kappa shape index (κ1) is 14.4. The van der Waals surface area contributed by atoms with Crippen molar-refractivity contribution in [2.24, 2.45) is 0 Å². The molecule has 0 unspecified atom stereocenters. The molecule has 0 saturated heterocycles. The SMILES string of the molecule is CN(C)S(=O)(=O)CCNC(=O)c1cccc(=O)[nH]1. The Kier molecular flexibility index (Phi) is 4.62. The molecule has 18 heavy (non-hydrogen) atoms. The Morgan fingerprint density at radius 3 is 2.61 bits per heavy atom. The number of nitrogens with zero attached hydrogens (tertiary/aromatic N) is 1. The monoisotopic (exact) mass is 273 g/mol. The highest BCUT2D eigenvalue weighted by Gasteiger charge is 2.14. The summed E-state index contributed by atoms with van der Waals surface area (Å²) in [6.45, 7) is -0.0176. The summed E-state index contributed by atoms with van der Waals surface area (Å²) in [6.07, 6.45) is 0. The first-order chi connectivity index (χ1) is 8.33. The average Bonchev–Trinajstić information content (AvgIpc) is 2.28. The number of carbonyl (C=O) groups excluding carboxylic acids is 1. The molecule has 0 aliphatic heterocycles. The van der Waals surface area contributed by atoms with E-state index in [0.717, 1.165) is 4.31 Å². The first-order valence-corrected chi connectivity index (χ1v) is 6.81. The fraction of sp³-hybridized carbons (Fsp3) is 0.400. The van der Waals surface area contributed by atoms with Crippen LogP contribution in [0.5, 0.6) is 0 Å². The van der Waals surface area contributed by atoms with Gasteiger partial charge in [-0.1, -0.05) is 6.07 Å². The number of rotatable bonds is 5. The molecule has 100 valence electrons. The molecule has 1 amide bonds. The van der Waals surface area contributed by atoms with Crippen molar-refractivity contribution in [2.75, 3.05) is 26.4 Å². The third-order valence-corrected chi connectivity index (χ3v) is 4.05. The lowest BCUT2D eigenvalue weighted by molar-refractivity contribution is 0.0951. The maximum atomic E-state index is 11.6. The number of nitrogens with one attached hydrogen (secondary N) is 2.